The minimum atomic E-state index is -0.438. The van der Waals surface area contributed by atoms with Crippen LogP contribution in [-0.2, 0) is 6.42 Å². The first-order chi connectivity index (χ1) is 9.63. The fourth-order valence-corrected chi connectivity index (χ4v) is 3.14. The Bertz CT molecular complexity index is 617. The van der Waals surface area contributed by atoms with Gasteiger partial charge < -0.3 is 5.32 Å². The topological polar surface area (TPSA) is 93.8 Å². The third kappa shape index (κ3) is 3.42. The summed E-state index contributed by atoms with van der Waals surface area (Å²) < 4.78 is 4.82. The molecule has 0 bridgehead atoms. The number of anilines is 1. The Kier molecular flexibility index (Phi) is 4.85. The molecule has 1 N–H and O–H groups in total. The Morgan fingerprint density at radius 3 is 2.80 bits per heavy atom. The van der Waals surface area contributed by atoms with E-state index < -0.39 is 4.92 Å². The highest BCUT2D eigenvalue weighted by Crippen LogP contribution is 2.34. The third-order valence-corrected chi connectivity index (χ3v) is 4.13. The summed E-state index contributed by atoms with van der Waals surface area (Å²) in [6.07, 6.45) is 0.740. The van der Waals surface area contributed by atoms with Crippen LogP contribution in [0.4, 0.5) is 11.5 Å². The van der Waals surface area contributed by atoms with Crippen molar-refractivity contribution < 1.29 is 4.92 Å². The lowest BCUT2D eigenvalue weighted by Gasteiger charge is -2.04. The third-order valence-electron chi connectivity index (χ3n) is 2.34. The van der Waals surface area contributed by atoms with Crippen molar-refractivity contribution in [3.63, 3.8) is 0 Å². The first-order valence-electron chi connectivity index (χ1n) is 6.03. The molecule has 2 aromatic heterocycles. The maximum absolute atomic E-state index is 11.0. The van der Waals surface area contributed by atoms with Gasteiger partial charge in [-0.25, -0.2) is 9.97 Å². The van der Waals surface area contributed by atoms with Gasteiger partial charge in [0.1, 0.15) is 11.6 Å². The minimum absolute atomic E-state index is 0.0232. The highest BCUT2D eigenvalue weighted by atomic mass is 32.2. The Balaban J connectivity index is 2.31. The first kappa shape index (κ1) is 14.7. The van der Waals surface area contributed by atoms with Crippen LogP contribution in [0.1, 0.15) is 19.7 Å². The van der Waals surface area contributed by atoms with E-state index in [0.29, 0.717) is 21.7 Å². The summed E-state index contributed by atoms with van der Waals surface area (Å²) in [4.78, 5) is 19.2. The van der Waals surface area contributed by atoms with Gasteiger partial charge >= 0.3 is 5.69 Å². The fourth-order valence-electron chi connectivity index (χ4n) is 1.43. The molecular weight excluding hydrogens is 298 g/mol. The van der Waals surface area contributed by atoms with Crippen molar-refractivity contribution in [3.8, 4) is 0 Å². The molecule has 2 aromatic rings. The number of pyridine rings is 1. The van der Waals surface area contributed by atoms with Crippen LogP contribution in [0.25, 0.3) is 0 Å². The standard InChI is InChI=1S/C11H13N5O2S2/c1-3-8-14-11(20-15-8)19-10-7(16(17)18)5-6-9(13-10)12-4-2/h5-6H,3-4H2,1-2H3,(H,12,13). The maximum atomic E-state index is 11.0. The van der Waals surface area contributed by atoms with Crippen LogP contribution in [0, 0.1) is 10.1 Å². The first-order valence-corrected chi connectivity index (χ1v) is 7.62. The van der Waals surface area contributed by atoms with Crippen molar-refractivity contribution in [3.05, 3.63) is 28.1 Å². The maximum Gasteiger partial charge on any atom is 0.301 e. The molecule has 9 heteroatoms. The summed E-state index contributed by atoms with van der Waals surface area (Å²) in [5.41, 5.74) is -0.0232. The Hall–Kier alpha value is -1.74. The van der Waals surface area contributed by atoms with E-state index in [9.17, 15) is 10.1 Å². The molecule has 0 atom stereocenters. The van der Waals surface area contributed by atoms with Gasteiger partial charge in [0.05, 0.1) is 4.92 Å². The van der Waals surface area contributed by atoms with Crippen LogP contribution >= 0.6 is 23.3 Å². The Morgan fingerprint density at radius 1 is 1.40 bits per heavy atom. The van der Waals surface area contributed by atoms with Gasteiger partial charge in [-0.3, -0.25) is 10.1 Å². The Labute approximate surface area is 124 Å². The van der Waals surface area contributed by atoms with Gasteiger partial charge in [-0.15, -0.1) is 0 Å². The number of aromatic nitrogens is 3. The quantitative estimate of drug-likeness (QED) is 0.647. The number of nitrogens with zero attached hydrogens (tertiary/aromatic N) is 4. The normalized spacial score (nSPS) is 10.5. The van der Waals surface area contributed by atoms with Crippen LogP contribution in [0.3, 0.4) is 0 Å². The average molecular weight is 311 g/mol. The zero-order valence-electron chi connectivity index (χ0n) is 11.0. The zero-order chi connectivity index (χ0) is 14.5. The number of nitro groups is 1. The van der Waals surface area contributed by atoms with Crippen LogP contribution in [0.2, 0.25) is 0 Å². The number of rotatable bonds is 6. The molecule has 0 amide bonds. The number of nitrogens with one attached hydrogen (secondary N) is 1. The monoisotopic (exact) mass is 311 g/mol. The minimum Gasteiger partial charge on any atom is -0.370 e. The van der Waals surface area contributed by atoms with Crippen molar-refractivity contribution in [2.75, 3.05) is 11.9 Å². The van der Waals surface area contributed by atoms with Crippen LogP contribution < -0.4 is 5.32 Å². The molecule has 0 saturated heterocycles. The van der Waals surface area contributed by atoms with Gasteiger partial charge in [0.25, 0.3) is 0 Å². The lowest BCUT2D eigenvalue weighted by molar-refractivity contribution is -0.388. The van der Waals surface area contributed by atoms with Gasteiger partial charge in [0.15, 0.2) is 9.37 Å². The van der Waals surface area contributed by atoms with Gasteiger partial charge in [-0.1, -0.05) is 6.92 Å². The molecule has 0 fully saturated rings. The smallest absolute Gasteiger partial charge is 0.301 e. The van der Waals surface area contributed by atoms with Gasteiger partial charge in [0, 0.05) is 19.0 Å². The summed E-state index contributed by atoms with van der Waals surface area (Å²) in [6.45, 7) is 4.60. The second kappa shape index (κ2) is 6.62. The molecule has 0 aliphatic carbocycles. The number of hydrogen-bond donors (Lipinski definition) is 1. The van der Waals surface area contributed by atoms with Gasteiger partial charge in [-0.05, 0) is 36.3 Å². The van der Waals surface area contributed by atoms with Crippen LogP contribution in [0.15, 0.2) is 21.5 Å². The molecule has 0 aliphatic heterocycles. The molecule has 7 nitrogen and oxygen atoms in total. The van der Waals surface area contributed by atoms with E-state index in [1.165, 1.54) is 29.4 Å². The largest absolute Gasteiger partial charge is 0.370 e. The molecule has 20 heavy (non-hydrogen) atoms. The van der Waals surface area contributed by atoms with Crippen LogP contribution in [-0.4, -0.2) is 25.8 Å². The van der Waals surface area contributed by atoms with E-state index in [-0.39, 0.29) is 5.69 Å². The van der Waals surface area contributed by atoms with E-state index in [2.05, 4.69) is 19.7 Å². The van der Waals surface area contributed by atoms with Crippen LogP contribution in [0.5, 0.6) is 0 Å². The van der Waals surface area contributed by atoms with Crippen molar-refractivity contribution in [2.24, 2.45) is 0 Å². The molecule has 0 radical (unpaired) electrons. The number of aryl methyl sites for hydroxylation is 1. The van der Waals surface area contributed by atoms with E-state index in [1.807, 2.05) is 13.8 Å². The molecule has 0 saturated carbocycles. The summed E-state index contributed by atoms with van der Waals surface area (Å²) in [5, 5.41) is 14.4. The second-order valence-corrected chi connectivity index (χ2v) is 5.73. The predicted molar refractivity (Wildman–Crippen MR) is 78.5 cm³/mol. The van der Waals surface area contributed by atoms with E-state index >= 15 is 0 Å². The van der Waals surface area contributed by atoms with Gasteiger partial charge in [-0.2, -0.15) is 4.37 Å². The Morgan fingerprint density at radius 2 is 2.20 bits per heavy atom. The van der Waals surface area contributed by atoms with E-state index in [0.717, 1.165) is 12.2 Å². The lowest BCUT2D eigenvalue weighted by Crippen LogP contribution is -2.01. The SMILES string of the molecule is CCNc1ccc([N+](=O)[O-])c(Sc2nc(CC)ns2)n1. The molecule has 2 rings (SSSR count). The summed E-state index contributed by atoms with van der Waals surface area (Å²) in [5.74, 6) is 1.35. The van der Waals surface area contributed by atoms with Gasteiger partial charge in [0.2, 0.25) is 0 Å². The molecule has 0 aliphatic rings. The highest BCUT2D eigenvalue weighted by molar-refractivity contribution is 8.01. The highest BCUT2D eigenvalue weighted by Gasteiger charge is 2.19. The van der Waals surface area contributed by atoms with Crippen molar-refractivity contribution >= 4 is 34.8 Å². The number of hydrogen-bond acceptors (Lipinski definition) is 8. The lowest BCUT2D eigenvalue weighted by atomic mass is 10.4. The van der Waals surface area contributed by atoms with Crippen molar-refractivity contribution in [1.82, 2.24) is 14.3 Å². The molecule has 106 valence electrons. The van der Waals surface area contributed by atoms with E-state index in [1.54, 1.807) is 6.07 Å². The predicted octanol–water partition coefficient (Wildman–Crippen LogP) is 2.99. The molecule has 0 unspecified atom stereocenters. The summed E-state index contributed by atoms with van der Waals surface area (Å²) in [7, 11) is 0. The fraction of sp³-hybridized carbons (Fsp3) is 0.364. The molecule has 0 aromatic carbocycles. The van der Waals surface area contributed by atoms with E-state index in [4.69, 9.17) is 0 Å². The molecular formula is C11H13N5O2S2. The second-order valence-electron chi connectivity index (χ2n) is 3.74. The summed E-state index contributed by atoms with van der Waals surface area (Å²) >= 11 is 2.40. The zero-order valence-corrected chi connectivity index (χ0v) is 12.6. The average Bonchev–Trinajstić information content (AvgIpc) is 2.87. The van der Waals surface area contributed by atoms with Crippen molar-refractivity contribution in [2.45, 2.75) is 29.6 Å². The molecule has 2 heterocycles. The molecule has 0 spiro atoms. The van der Waals surface area contributed by atoms with Crippen molar-refractivity contribution in [1.29, 1.82) is 0 Å². The summed E-state index contributed by atoms with van der Waals surface area (Å²) in [6, 6.07) is 3.05.